The third-order valence-corrected chi connectivity index (χ3v) is 10.3. The minimum absolute atomic E-state index is 0.833. The van der Waals surface area contributed by atoms with Crippen LogP contribution in [0.3, 0.4) is 0 Å². The number of hydrogen-bond donors (Lipinski definition) is 0. The van der Waals surface area contributed by atoms with E-state index < -0.39 is 0 Å². The van der Waals surface area contributed by atoms with Crippen LogP contribution in [-0.4, -0.2) is 14.5 Å². The first-order valence-corrected chi connectivity index (χ1v) is 16.8. The molecule has 10 aromatic rings. The summed E-state index contributed by atoms with van der Waals surface area (Å²) in [6.07, 6.45) is 0. The molecular formula is C46H27N3. The molecule has 0 atom stereocenters. The van der Waals surface area contributed by atoms with Gasteiger partial charge in [-0.05, 0) is 67.7 Å². The van der Waals surface area contributed by atoms with Crippen LogP contribution >= 0.6 is 0 Å². The van der Waals surface area contributed by atoms with Gasteiger partial charge >= 0.3 is 0 Å². The van der Waals surface area contributed by atoms with Crippen molar-refractivity contribution in [3.8, 4) is 50.5 Å². The highest BCUT2D eigenvalue weighted by molar-refractivity contribution is 6.30. The van der Waals surface area contributed by atoms with E-state index in [1.54, 1.807) is 0 Å². The molecule has 0 spiro atoms. The van der Waals surface area contributed by atoms with Gasteiger partial charge in [-0.3, -0.25) is 4.57 Å². The first-order chi connectivity index (χ1) is 24.3. The molecule has 1 aliphatic carbocycles. The summed E-state index contributed by atoms with van der Waals surface area (Å²) in [7, 11) is 0. The zero-order chi connectivity index (χ0) is 32.1. The van der Waals surface area contributed by atoms with Crippen LogP contribution in [0.1, 0.15) is 0 Å². The Morgan fingerprint density at radius 1 is 0.367 bits per heavy atom. The average Bonchev–Trinajstić information content (AvgIpc) is 3.45. The van der Waals surface area contributed by atoms with E-state index in [-0.39, 0.29) is 0 Å². The van der Waals surface area contributed by atoms with Gasteiger partial charge in [0, 0.05) is 21.7 Å². The number of rotatable bonds is 3. The van der Waals surface area contributed by atoms with Gasteiger partial charge in [0.15, 0.2) is 5.82 Å². The van der Waals surface area contributed by atoms with Crippen molar-refractivity contribution in [3.63, 3.8) is 0 Å². The number of benzene rings is 8. The first kappa shape index (κ1) is 26.5. The Hall–Kier alpha value is -6.58. The monoisotopic (exact) mass is 621 g/mol. The van der Waals surface area contributed by atoms with Gasteiger partial charge in [-0.2, -0.15) is 0 Å². The minimum Gasteiger partial charge on any atom is -0.292 e. The number of aromatic nitrogens is 3. The highest BCUT2D eigenvalue weighted by atomic mass is 15.1. The second-order valence-corrected chi connectivity index (χ2v) is 12.9. The summed E-state index contributed by atoms with van der Waals surface area (Å²) in [5, 5.41) is 7.30. The molecule has 0 saturated carbocycles. The standard InChI is InChI=1S/C46H27N3/c1-2-10-28(11-3-1)29-20-22-32(23-21-29)44-46(48-45-33-14-5-4-12-30(33)24-26-38(45)47-44)49-39-19-9-18-37-35-16-7-6-15-34(35)36-17-8-13-31-25-27-40(49)43(41(31)36)42(37)39/h1-27H. The minimum atomic E-state index is 0.833. The second kappa shape index (κ2) is 9.96. The fourth-order valence-corrected chi connectivity index (χ4v) is 8.14. The van der Waals surface area contributed by atoms with Gasteiger partial charge in [-0.15, -0.1) is 0 Å². The van der Waals surface area contributed by atoms with E-state index in [2.05, 4.69) is 168 Å². The quantitative estimate of drug-likeness (QED) is 0.184. The Bertz CT molecular complexity index is 2970. The molecule has 0 saturated heterocycles. The van der Waals surface area contributed by atoms with Gasteiger partial charge in [-0.1, -0.05) is 146 Å². The summed E-state index contributed by atoms with van der Waals surface area (Å²) in [5.74, 6) is 0.833. The lowest BCUT2D eigenvalue weighted by atomic mass is 9.93. The number of nitrogens with zero attached hydrogens (tertiary/aromatic N) is 3. The maximum Gasteiger partial charge on any atom is 0.165 e. The van der Waals surface area contributed by atoms with Crippen molar-refractivity contribution in [2.45, 2.75) is 0 Å². The second-order valence-electron chi connectivity index (χ2n) is 12.9. The molecule has 0 radical (unpaired) electrons. The molecule has 1 aliphatic rings. The van der Waals surface area contributed by atoms with Crippen LogP contribution in [0.25, 0.3) is 105 Å². The van der Waals surface area contributed by atoms with Crippen LogP contribution < -0.4 is 0 Å². The fraction of sp³-hybridized carbons (Fsp3) is 0. The molecule has 0 aliphatic heterocycles. The van der Waals surface area contributed by atoms with Crippen LogP contribution in [0, 0.1) is 0 Å². The third-order valence-electron chi connectivity index (χ3n) is 10.3. The lowest BCUT2D eigenvalue weighted by Gasteiger charge is -2.16. The molecule has 11 rings (SSSR count). The van der Waals surface area contributed by atoms with Crippen molar-refractivity contribution in [1.82, 2.24) is 14.5 Å². The van der Waals surface area contributed by atoms with E-state index in [4.69, 9.17) is 9.97 Å². The lowest BCUT2D eigenvalue weighted by Crippen LogP contribution is -2.04. The van der Waals surface area contributed by atoms with Gasteiger partial charge in [0.25, 0.3) is 0 Å². The first-order valence-electron chi connectivity index (χ1n) is 16.8. The molecular weight excluding hydrogens is 595 g/mol. The number of hydrogen-bond acceptors (Lipinski definition) is 2. The molecule has 0 bridgehead atoms. The Kier molecular flexibility index (Phi) is 5.38. The largest absolute Gasteiger partial charge is 0.292 e. The molecule has 2 aromatic heterocycles. The lowest BCUT2D eigenvalue weighted by molar-refractivity contribution is 1.08. The zero-order valence-corrected chi connectivity index (χ0v) is 26.4. The van der Waals surface area contributed by atoms with E-state index in [0.29, 0.717) is 0 Å². The topological polar surface area (TPSA) is 30.7 Å². The molecule has 0 N–H and O–H groups in total. The van der Waals surface area contributed by atoms with Crippen molar-refractivity contribution >= 4 is 54.4 Å². The van der Waals surface area contributed by atoms with Crippen LogP contribution in [0.15, 0.2) is 164 Å². The zero-order valence-electron chi connectivity index (χ0n) is 26.4. The molecule has 0 fully saturated rings. The predicted molar refractivity (Wildman–Crippen MR) is 204 cm³/mol. The Morgan fingerprint density at radius 2 is 0.980 bits per heavy atom. The predicted octanol–water partition coefficient (Wildman–Crippen LogP) is 12.0. The van der Waals surface area contributed by atoms with E-state index in [1.165, 1.54) is 54.9 Å². The molecule has 3 nitrogen and oxygen atoms in total. The van der Waals surface area contributed by atoms with Crippen molar-refractivity contribution in [2.75, 3.05) is 0 Å². The molecule has 0 unspecified atom stereocenters. The highest BCUT2D eigenvalue weighted by Gasteiger charge is 2.26. The van der Waals surface area contributed by atoms with Gasteiger partial charge in [0.2, 0.25) is 0 Å². The van der Waals surface area contributed by atoms with Crippen molar-refractivity contribution in [1.29, 1.82) is 0 Å². The molecule has 3 heteroatoms. The highest BCUT2D eigenvalue weighted by Crippen LogP contribution is 2.50. The van der Waals surface area contributed by atoms with Crippen molar-refractivity contribution < 1.29 is 0 Å². The number of fused-ring (bicyclic) bond motifs is 6. The van der Waals surface area contributed by atoms with E-state index in [0.717, 1.165) is 49.9 Å². The smallest absolute Gasteiger partial charge is 0.165 e. The summed E-state index contributed by atoms with van der Waals surface area (Å²) >= 11 is 0. The van der Waals surface area contributed by atoms with Gasteiger partial charge < -0.3 is 0 Å². The Labute approximate surface area is 282 Å². The van der Waals surface area contributed by atoms with Crippen LogP contribution in [0.4, 0.5) is 0 Å². The molecule has 49 heavy (non-hydrogen) atoms. The Morgan fingerprint density at radius 3 is 1.82 bits per heavy atom. The van der Waals surface area contributed by atoms with Gasteiger partial charge in [-0.25, -0.2) is 9.97 Å². The van der Waals surface area contributed by atoms with Crippen LogP contribution in [0.5, 0.6) is 0 Å². The summed E-state index contributed by atoms with van der Waals surface area (Å²) in [6.45, 7) is 0. The maximum atomic E-state index is 5.60. The average molecular weight is 622 g/mol. The SMILES string of the molecule is c1ccc(-c2ccc(-c3nc4ccc5ccccc5c4nc3-n3c4cccc5c4c4c6c(cccc6ccc43)-c3ccccc3-5)cc2)cc1. The van der Waals surface area contributed by atoms with E-state index in [9.17, 15) is 0 Å². The van der Waals surface area contributed by atoms with E-state index >= 15 is 0 Å². The molecule has 2 heterocycles. The summed E-state index contributed by atoms with van der Waals surface area (Å²) in [4.78, 5) is 11.0. The van der Waals surface area contributed by atoms with Crippen molar-refractivity contribution in [2.24, 2.45) is 0 Å². The van der Waals surface area contributed by atoms with Crippen LogP contribution in [0.2, 0.25) is 0 Å². The summed E-state index contributed by atoms with van der Waals surface area (Å²) in [5.41, 5.74) is 13.3. The van der Waals surface area contributed by atoms with Gasteiger partial charge in [0.05, 0.1) is 22.1 Å². The maximum absolute atomic E-state index is 5.60. The molecule has 226 valence electrons. The third kappa shape index (κ3) is 3.73. The normalized spacial score (nSPS) is 12.1. The molecule has 0 amide bonds. The Balaban J connectivity index is 1.29. The van der Waals surface area contributed by atoms with Gasteiger partial charge in [0.1, 0.15) is 5.69 Å². The summed E-state index contributed by atoms with van der Waals surface area (Å²) < 4.78 is 2.37. The fourth-order valence-electron chi connectivity index (χ4n) is 8.14. The molecule has 8 aromatic carbocycles. The van der Waals surface area contributed by atoms with E-state index in [1.807, 2.05) is 0 Å². The van der Waals surface area contributed by atoms with Crippen LogP contribution in [-0.2, 0) is 0 Å². The summed E-state index contributed by atoms with van der Waals surface area (Å²) in [6, 6.07) is 58.8. The van der Waals surface area contributed by atoms with Crippen molar-refractivity contribution in [3.05, 3.63) is 164 Å².